The number of aromatic nitrogens is 6. The molecule has 2 aromatic heterocycles. The van der Waals surface area contributed by atoms with Gasteiger partial charge in [-0.15, -0.1) is 5.10 Å². The van der Waals surface area contributed by atoms with E-state index in [1.54, 1.807) is 26.2 Å². The smallest absolute Gasteiger partial charge is 0.257 e. The summed E-state index contributed by atoms with van der Waals surface area (Å²) in [6.45, 7) is 0. The molecular weight excluding hydrogens is 324 g/mol. The van der Waals surface area contributed by atoms with Crippen molar-refractivity contribution in [3.05, 3.63) is 54.0 Å². The zero-order valence-corrected chi connectivity index (χ0v) is 13.6. The second-order valence-electron chi connectivity index (χ2n) is 5.44. The van der Waals surface area contributed by atoms with Gasteiger partial charge in [-0.1, -0.05) is 30.3 Å². The molecule has 1 aromatic carbocycles. The molecule has 0 saturated heterocycles. The van der Waals surface area contributed by atoms with Gasteiger partial charge in [0, 0.05) is 14.1 Å². The van der Waals surface area contributed by atoms with Crippen LogP contribution in [0.25, 0.3) is 5.82 Å². The van der Waals surface area contributed by atoms with Gasteiger partial charge in [0.05, 0.1) is 6.20 Å². The molecule has 10 nitrogen and oxygen atoms in total. The van der Waals surface area contributed by atoms with Gasteiger partial charge in [0.25, 0.3) is 5.91 Å². The van der Waals surface area contributed by atoms with E-state index in [0.29, 0.717) is 11.4 Å². The third kappa shape index (κ3) is 3.37. The standard InChI is InChI=1S/C15H16N8O2/c1-22(2)15(25)12(10-6-4-3-5-7-10)18-14(24)11-8-16-19-13(11)23-9-17-20-21-23/h3-9,12H,1-2H3,(H,16,19)(H,18,24)/t12-/m0/s1. The van der Waals surface area contributed by atoms with Crippen LogP contribution in [0.3, 0.4) is 0 Å². The molecule has 0 aliphatic heterocycles. The summed E-state index contributed by atoms with van der Waals surface area (Å²) in [6, 6.07) is 8.20. The van der Waals surface area contributed by atoms with Gasteiger partial charge in [-0.2, -0.15) is 9.78 Å². The van der Waals surface area contributed by atoms with Crippen molar-refractivity contribution < 1.29 is 9.59 Å². The van der Waals surface area contributed by atoms with Crippen LogP contribution >= 0.6 is 0 Å². The number of nitrogens with one attached hydrogen (secondary N) is 2. The van der Waals surface area contributed by atoms with E-state index < -0.39 is 11.9 Å². The Morgan fingerprint density at radius 1 is 1.24 bits per heavy atom. The van der Waals surface area contributed by atoms with Crippen LogP contribution in [0.5, 0.6) is 0 Å². The van der Waals surface area contributed by atoms with E-state index in [9.17, 15) is 9.59 Å². The molecule has 3 aromatic rings. The average Bonchev–Trinajstić information content (AvgIpc) is 3.30. The number of likely N-dealkylation sites (N-methyl/N-ethyl adjacent to an activating group) is 1. The number of amides is 2. The molecule has 0 spiro atoms. The van der Waals surface area contributed by atoms with E-state index in [-0.39, 0.29) is 11.5 Å². The van der Waals surface area contributed by atoms with E-state index in [1.807, 2.05) is 18.2 Å². The third-order valence-electron chi connectivity index (χ3n) is 3.54. The van der Waals surface area contributed by atoms with Crippen LogP contribution in [-0.4, -0.2) is 61.2 Å². The molecule has 2 amide bonds. The number of hydrogen-bond acceptors (Lipinski definition) is 6. The fourth-order valence-corrected chi connectivity index (χ4v) is 2.28. The topological polar surface area (TPSA) is 122 Å². The van der Waals surface area contributed by atoms with E-state index in [4.69, 9.17) is 0 Å². The second kappa shape index (κ2) is 6.91. The molecule has 10 heteroatoms. The molecule has 0 unspecified atom stereocenters. The normalized spacial score (nSPS) is 11.8. The minimum absolute atomic E-state index is 0.222. The minimum Gasteiger partial charge on any atom is -0.347 e. The van der Waals surface area contributed by atoms with Crippen LogP contribution in [0.1, 0.15) is 22.0 Å². The summed E-state index contributed by atoms with van der Waals surface area (Å²) in [5, 5.41) is 20.1. The molecular formula is C15H16N8O2. The zero-order valence-electron chi connectivity index (χ0n) is 13.6. The summed E-state index contributed by atoms with van der Waals surface area (Å²) < 4.78 is 1.28. The van der Waals surface area contributed by atoms with Crippen molar-refractivity contribution in [3.63, 3.8) is 0 Å². The first-order chi connectivity index (χ1) is 12.1. The summed E-state index contributed by atoms with van der Waals surface area (Å²) >= 11 is 0. The maximum absolute atomic E-state index is 12.7. The molecule has 25 heavy (non-hydrogen) atoms. The van der Waals surface area contributed by atoms with Crippen molar-refractivity contribution in [3.8, 4) is 5.82 Å². The third-order valence-corrected chi connectivity index (χ3v) is 3.54. The van der Waals surface area contributed by atoms with Gasteiger partial charge >= 0.3 is 0 Å². The van der Waals surface area contributed by atoms with E-state index in [2.05, 4.69) is 31.0 Å². The number of rotatable bonds is 5. The minimum atomic E-state index is -0.819. The highest BCUT2D eigenvalue weighted by Crippen LogP contribution is 2.17. The molecule has 0 saturated carbocycles. The molecule has 1 atom stereocenters. The fourth-order valence-electron chi connectivity index (χ4n) is 2.28. The second-order valence-corrected chi connectivity index (χ2v) is 5.44. The number of tetrazole rings is 1. The maximum Gasteiger partial charge on any atom is 0.257 e. The van der Waals surface area contributed by atoms with Crippen LogP contribution in [0.15, 0.2) is 42.9 Å². The van der Waals surface area contributed by atoms with Gasteiger partial charge in [-0.05, 0) is 16.0 Å². The molecule has 0 aliphatic carbocycles. The maximum atomic E-state index is 12.7. The van der Waals surface area contributed by atoms with Crippen molar-refractivity contribution in [1.82, 2.24) is 40.6 Å². The SMILES string of the molecule is CN(C)C(=O)[C@@H](NC(=O)c1cn[nH]c1-n1cnnn1)c1ccccc1. The zero-order chi connectivity index (χ0) is 17.8. The lowest BCUT2D eigenvalue weighted by atomic mass is 10.1. The van der Waals surface area contributed by atoms with Gasteiger partial charge in [0.2, 0.25) is 5.91 Å². The molecule has 0 radical (unpaired) electrons. The molecule has 0 fully saturated rings. The highest BCUT2D eigenvalue weighted by molar-refractivity contribution is 5.99. The number of hydrogen-bond donors (Lipinski definition) is 2. The van der Waals surface area contributed by atoms with Gasteiger partial charge in [0.1, 0.15) is 17.9 Å². The van der Waals surface area contributed by atoms with Gasteiger partial charge < -0.3 is 10.2 Å². The summed E-state index contributed by atoms with van der Waals surface area (Å²) in [7, 11) is 3.27. The van der Waals surface area contributed by atoms with Crippen LogP contribution in [0.4, 0.5) is 0 Å². The Bertz CT molecular complexity index is 857. The highest BCUT2D eigenvalue weighted by atomic mass is 16.2. The van der Waals surface area contributed by atoms with Gasteiger partial charge in [-0.25, -0.2) is 0 Å². The van der Waals surface area contributed by atoms with Crippen molar-refractivity contribution in [2.45, 2.75) is 6.04 Å². The van der Waals surface area contributed by atoms with Crippen LogP contribution in [0, 0.1) is 0 Å². The van der Waals surface area contributed by atoms with E-state index in [0.717, 1.165) is 0 Å². The van der Waals surface area contributed by atoms with Crippen molar-refractivity contribution in [2.75, 3.05) is 14.1 Å². The summed E-state index contributed by atoms with van der Waals surface area (Å²) in [5.74, 6) is -0.401. The average molecular weight is 340 g/mol. The largest absolute Gasteiger partial charge is 0.347 e. The Labute approximate surface area is 142 Å². The molecule has 2 heterocycles. The van der Waals surface area contributed by atoms with E-state index >= 15 is 0 Å². The van der Waals surface area contributed by atoms with Gasteiger partial charge in [-0.3, -0.25) is 14.7 Å². The molecule has 128 valence electrons. The van der Waals surface area contributed by atoms with Crippen LogP contribution in [0.2, 0.25) is 0 Å². The van der Waals surface area contributed by atoms with Crippen molar-refractivity contribution in [2.24, 2.45) is 0 Å². The Kier molecular flexibility index (Phi) is 4.50. The molecule has 0 aliphatic rings. The number of aromatic amines is 1. The predicted molar refractivity (Wildman–Crippen MR) is 86.6 cm³/mol. The van der Waals surface area contributed by atoms with Crippen LogP contribution < -0.4 is 5.32 Å². The van der Waals surface area contributed by atoms with Crippen molar-refractivity contribution in [1.29, 1.82) is 0 Å². The van der Waals surface area contributed by atoms with Gasteiger partial charge in [0.15, 0.2) is 5.82 Å². The lowest BCUT2D eigenvalue weighted by Gasteiger charge is -2.22. The monoisotopic (exact) mass is 340 g/mol. The Morgan fingerprint density at radius 2 is 2.00 bits per heavy atom. The first-order valence-electron chi connectivity index (χ1n) is 7.41. The lowest BCUT2D eigenvalue weighted by Crippen LogP contribution is -2.40. The Hall–Kier alpha value is -3.56. The van der Waals surface area contributed by atoms with E-state index in [1.165, 1.54) is 22.1 Å². The Balaban J connectivity index is 1.89. The molecule has 0 bridgehead atoms. The number of H-pyrrole nitrogens is 1. The number of carbonyl (C=O) groups excluding carboxylic acids is 2. The molecule has 2 N–H and O–H groups in total. The quantitative estimate of drug-likeness (QED) is 0.671. The number of carbonyl (C=O) groups is 2. The summed E-state index contributed by atoms with van der Waals surface area (Å²) in [6.07, 6.45) is 2.69. The van der Waals surface area contributed by atoms with Crippen molar-refractivity contribution >= 4 is 11.8 Å². The summed E-state index contributed by atoms with van der Waals surface area (Å²) in [5.41, 5.74) is 0.904. The number of benzene rings is 1. The first-order valence-corrected chi connectivity index (χ1v) is 7.41. The highest BCUT2D eigenvalue weighted by Gasteiger charge is 2.26. The first kappa shape index (κ1) is 16.3. The molecule has 3 rings (SSSR count). The lowest BCUT2D eigenvalue weighted by molar-refractivity contribution is -0.130. The predicted octanol–water partition coefficient (Wildman–Crippen LogP) is -0.0553. The summed E-state index contributed by atoms with van der Waals surface area (Å²) in [4.78, 5) is 26.6. The Morgan fingerprint density at radius 3 is 2.64 bits per heavy atom. The van der Waals surface area contributed by atoms with Crippen LogP contribution in [-0.2, 0) is 4.79 Å². The fraction of sp³-hybridized carbons (Fsp3) is 0.200. The number of nitrogens with zero attached hydrogens (tertiary/aromatic N) is 6.